The first kappa shape index (κ1) is 17.6. The van der Waals surface area contributed by atoms with Crippen LogP contribution in [0.25, 0.3) is 0 Å². The maximum Gasteiger partial charge on any atom is 0.137 e. The lowest BCUT2D eigenvalue weighted by atomic mass is 9.90. The number of nitrogens with one attached hydrogen (secondary N) is 1. The third-order valence-corrected chi connectivity index (χ3v) is 5.15. The Morgan fingerprint density at radius 2 is 2.22 bits per heavy atom. The molecule has 1 aromatic carbocycles. The third kappa shape index (κ3) is 3.80. The van der Waals surface area contributed by atoms with Crippen molar-refractivity contribution in [2.75, 3.05) is 6.54 Å². The molecule has 0 aliphatic carbocycles. The van der Waals surface area contributed by atoms with Crippen molar-refractivity contribution in [3.8, 4) is 0 Å². The highest BCUT2D eigenvalue weighted by molar-refractivity contribution is 7.83. The van der Waals surface area contributed by atoms with Crippen LogP contribution in [0.4, 0.5) is 8.78 Å². The Balaban J connectivity index is 2.47. The summed E-state index contributed by atoms with van der Waals surface area (Å²) < 4.78 is 43.7. The molecule has 1 aromatic heterocycles. The predicted molar refractivity (Wildman–Crippen MR) is 81.6 cm³/mol. The minimum Gasteiger partial charge on any atom is -0.382 e. The first-order chi connectivity index (χ1) is 10.9. The second-order valence-corrected chi connectivity index (χ2v) is 6.67. The van der Waals surface area contributed by atoms with Crippen LogP contribution in [0.5, 0.6) is 0 Å². The van der Waals surface area contributed by atoms with Gasteiger partial charge in [-0.05, 0) is 13.0 Å². The highest BCUT2D eigenvalue weighted by Crippen LogP contribution is 2.32. The fourth-order valence-corrected chi connectivity index (χ4v) is 3.37. The minimum atomic E-state index is -1.86. The molecule has 0 bridgehead atoms. The summed E-state index contributed by atoms with van der Waals surface area (Å²) in [5, 5.41) is 14.1. The molecule has 0 radical (unpaired) electrons. The van der Waals surface area contributed by atoms with Crippen molar-refractivity contribution in [3.05, 3.63) is 48.1 Å². The van der Waals surface area contributed by atoms with Gasteiger partial charge in [-0.15, -0.1) is 0 Å². The van der Waals surface area contributed by atoms with Crippen LogP contribution in [0, 0.1) is 11.6 Å². The van der Waals surface area contributed by atoms with E-state index < -0.39 is 33.5 Å². The third-order valence-electron chi connectivity index (χ3n) is 3.55. The van der Waals surface area contributed by atoms with Crippen molar-refractivity contribution in [2.45, 2.75) is 31.2 Å². The second-order valence-electron chi connectivity index (χ2n) is 5.08. The quantitative estimate of drug-likeness (QED) is 0.788. The normalized spacial score (nSPS) is 16.7. The van der Waals surface area contributed by atoms with Crippen LogP contribution in [0.1, 0.15) is 19.4 Å². The van der Waals surface area contributed by atoms with E-state index in [0.29, 0.717) is 12.6 Å². The van der Waals surface area contributed by atoms with E-state index in [-0.39, 0.29) is 12.1 Å². The van der Waals surface area contributed by atoms with Crippen LogP contribution in [0.15, 0.2) is 30.9 Å². The van der Waals surface area contributed by atoms with E-state index in [1.165, 1.54) is 24.3 Å². The van der Waals surface area contributed by atoms with Gasteiger partial charge in [0.05, 0.1) is 22.8 Å². The average molecular weight is 344 g/mol. The molecule has 2 rings (SSSR count). The minimum absolute atomic E-state index is 0.145. The molecule has 1 unspecified atom stereocenters. The summed E-state index contributed by atoms with van der Waals surface area (Å²) in [6.07, 6.45) is 2.63. The Bertz CT molecular complexity index is 683. The standard InChI is InChI=1S/C14H18F2N4O2S/c1-3-19-23(22)10(2)14(21,7-20-9-17-8-18-20)12-5-4-11(15)6-13(12)16/h4-6,8-10,19,21H,3,7H2,1-2H3/t10-,14-,23?/m1/s1. The van der Waals surface area contributed by atoms with E-state index in [1.54, 1.807) is 6.92 Å². The number of hydrogen-bond acceptors (Lipinski definition) is 4. The number of hydrogen-bond donors (Lipinski definition) is 2. The molecule has 9 heteroatoms. The van der Waals surface area contributed by atoms with E-state index in [1.807, 2.05) is 0 Å². The highest BCUT2D eigenvalue weighted by Gasteiger charge is 2.42. The van der Waals surface area contributed by atoms with Gasteiger partial charge < -0.3 is 5.11 Å². The Labute approximate surface area is 135 Å². The van der Waals surface area contributed by atoms with Gasteiger partial charge in [-0.25, -0.2) is 27.4 Å². The van der Waals surface area contributed by atoms with Gasteiger partial charge in [-0.2, -0.15) is 5.10 Å². The molecule has 2 N–H and O–H groups in total. The molecule has 1 heterocycles. The van der Waals surface area contributed by atoms with Gasteiger partial charge >= 0.3 is 0 Å². The monoisotopic (exact) mass is 344 g/mol. The predicted octanol–water partition coefficient (Wildman–Crippen LogP) is 1.11. The number of halogens is 2. The summed E-state index contributed by atoms with van der Waals surface area (Å²) >= 11 is 0. The number of benzene rings is 1. The van der Waals surface area contributed by atoms with Crippen molar-refractivity contribution < 1.29 is 18.1 Å². The fraction of sp³-hybridized carbons (Fsp3) is 0.429. The molecular weight excluding hydrogens is 326 g/mol. The van der Waals surface area contributed by atoms with E-state index in [9.17, 15) is 18.1 Å². The molecule has 0 fully saturated rings. The lowest BCUT2D eigenvalue weighted by Gasteiger charge is -2.34. The Kier molecular flexibility index (Phi) is 5.55. The van der Waals surface area contributed by atoms with Crippen molar-refractivity contribution in [1.82, 2.24) is 19.5 Å². The lowest BCUT2D eigenvalue weighted by molar-refractivity contribution is 0.0119. The van der Waals surface area contributed by atoms with Crippen LogP contribution in [-0.2, 0) is 23.1 Å². The number of rotatable bonds is 7. The van der Waals surface area contributed by atoms with E-state index >= 15 is 0 Å². The van der Waals surface area contributed by atoms with Gasteiger partial charge in [0, 0.05) is 18.2 Å². The molecular formula is C14H18F2N4O2S. The van der Waals surface area contributed by atoms with Crippen LogP contribution >= 0.6 is 0 Å². The highest BCUT2D eigenvalue weighted by atomic mass is 32.2. The van der Waals surface area contributed by atoms with Gasteiger partial charge in [-0.1, -0.05) is 13.0 Å². The first-order valence-electron chi connectivity index (χ1n) is 7.03. The van der Waals surface area contributed by atoms with Crippen molar-refractivity contribution >= 4 is 11.0 Å². The molecule has 126 valence electrons. The second kappa shape index (κ2) is 7.24. The lowest BCUT2D eigenvalue weighted by Crippen LogP contribution is -2.47. The molecule has 0 aliphatic rings. The number of aliphatic hydroxyl groups is 1. The molecule has 0 saturated heterocycles. The Morgan fingerprint density at radius 3 is 2.78 bits per heavy atom. The maximum absolute atomic E-state index is 14.2. The SMILES string of the molecule is CCNS(=O)[C@H](C)[C@](O)(Cn1cncn1)c1ccc(F)cc1F. The zero-order valence-electron chi connectivity index (χ0n) is 12.7. The molecule has 0 aliphatic heterocycles. The molecule has 0 amide bonds. The molecule has 2 aromatic rings. The largest absolute Gasteiger partial charge is 0.382 e. The number of aromatic nitrogens is 3. The summed E-state index contributed by atoms with van der Waals surface area (Å²) in [5.41, 5.74) is -2.01. The zero-order chi connectivity index (χ0) is 17.0. The summed E-state index contributed by atoms with van der Waals surface area (Å²) in [7, 11) is -1.63. The Hall–Kier alpha value is -1.71. The molecule has 23 heavy (non-hydrogen) atoms. The smallest absolute Gasteiger partial charge is 0.137 e. The van der Waals surface area contributed by atoms with Gasteiger partial charge in [0.25, 0.3) is 0 Å². The van der Waals surface area contributed by atoms with Crippen molar-refractivity contribution in [1.29, 1.82) is 0 Å². The summed E-state index contributed by atoms with van der Waals surface area (Å²) in [4.78, 5) is 3.77. The molecule has 0 spiro atoms. The fourth-order valence-electron chi connectivity index (χ4n) is 2.28. The van der Waals surface area contributed by atoms with E-state index in [0.717, 1.165) is 12.1 Å². The van der Waals surface area contributed by atoms with Gasteiger partial charge in [0.1, 0.15) is 29.9 Å². The van der Waals surface area contributed by atoms with E-state index in [2.05, 4.69) is 14.8 Å². The van der Waals surface area contributed by atoms with Gasteiger partial charge in [0.15, 0.2) is 0 Å². The molecule has 3 atom stereocenters. The van der Waals surface area contributed by atoms with Gasteiger partial charge in [-0.3, -0.25) is 0 Å². The van der Waals surface area contributed by atoms with Crippen LogP contribution < -0.4 is 4.72 Å². The summed E-state index contributed by atoms with van der Waals surface area (Å²) in [6, 6.07) is 2.89. The van der Waals surface area contributed by atoms with Crippen molar-refractivity contribution in [3.63, 3.8) is 0 Å². The van der Waals surface area contributed by atoms with Gasteiger partial charge in [0.2, 0.25) is 0 Å². The van der Waals surface area contributed by atoms with Crippen LogP contribution in [0.2, 0.25) is 0 Å². The topological polar surface area (TPSA) is 80.0 Å². The molecule has 0 saturated carbocycles. The zero-order valence-corrected chi connectivity index (χ0v) is 13.6. The van der Waals surface area contributed by atoms with Crippen LogP contribution in [0.3, 0.4) is 0 Å². The van der Waals surface area contributed by atoms with Crippen molar-refractivity contribution in [2.24, 2.45) is 0 Å². The maximum atomic E-state index is 14.2. The van der Waals surface area contributed by atoms with E-state index in [4.69, 9.17) is 0 Å². The van der Waals surface area contributed by atoms with Crippen LogP contribution in [-0.4, -0.2) is 35.9 Å². The Morgan fingerprint density at radius 1 is 1.48 bits per heavy atom. The summed E-state index contributed by atoms with van der Waals surface area (Å²) in [5.74, 6) is -1.66. The number of nitrogens with zero attached hydrogens (tertiary/aromatic N) is 3. The molecule has 6 nitrogen and oxygen atoms in total. The summed E-state index contributed by atoms with van der Waals surface area (Å²) in [6.45, 7) is 3.54. The average Bonchev–Trinajstić information content (AvgIpc) is 2.99. The first-order valence-corrected chi connectivity index (χ1v) is 8.24.